The molecule has 3 N–H and O–H groups in total. The van der Waals surface area contributed by atoms with E-state index in [9.17, 15) is 14.7 Å². The number of nitrogens with zero attached hydrogens (tertiary/aromatic N) is 2. The molecule has 0 saturated carbocycles. The van der Waals surface area contributed by atoms with Gasteiger partial charge in [0.1, 0.15) is 5.82 Å². The molecule has 4 heterocycles. The highest BCUT2D eigenvalue weighted by molar-refractivity contribution is 6.34. The monoisotopic (exact) mass is 534 g/mol. The van der Waals surface area contributed by atoms with Crippen molar-refractivity contribution in [2.24, 2.45) is 0 Å². The summed E-state index contributed by atoms with van der Waals surface area (Å²) in [6.07, 6.45) is 4.59. The maximum absolute atomic E-state index is 13.4. The topological polar surface area (TPSA) is 108 Å². The Labute approximate surface area is 229 Å². The molecule has 4 bridgehead atoms. The van der Waals surface area contributed by atoms with Crippen molar-refractivity contribution in [1.29, 1.82) is 0 Å². The van der Waals surface area contributed by atoms with Crippen LogP contribution in [0.1, 0.15) is 44.4 Å². The van der Waals surface area contributed by atoms with Crippen LogP contribution >= 0.6 is 11.6 Å². The third kappa shape index (κ3) is 4.69. The maximum Gasteiger partial charge on any atom is 0.336 e. The minimum absolute atomic E-state index is 0.0218. The lowest BCUT2D eigenvalue weighted by atomic mass is 9.93. The van der Waals surface area contributed by atoms with Crippen molar-refractivity contribution in [2.75, 3.05) is 0 Å². The predicted molar refractivity (Wildman–Crippen MR) is 150 cm³/mol. The van der Waals surface area contributed by atoms with Gasteiger partial charge >= 0.3 is 5.97 Å². The minimum atomic E-state index is -1.16. The van der Waals surface area contributed by atoms with E-state index in [1.165, 1.54) is 6.07 Å². The molecule has 5 aromatic rings. The van der Waals surface area contributed by atoms with Gasteiger partial charge in [0.05, 0.1) is 23.0 Å². The quantitative estimate of drug-likeness (QED) is 0.242. The second kappa shape index (κ2) is 10.2. The number of hydrogen-bond acceptors (Lipinski definition) is 4. The summed E-state index contributed by atoms with van der Waals surface area (Å²) in [4.78, 5) is 38.5. The van der Waals surface area contributed by atoms with E-state index in [4.69, 9.17) is 16.6 Å². The van der Waals surface area contributed by atoms with Crippen LogP contribution < -0.4 is 5.32 Å². The summed E-state index contributed by atoms with van der Waals surface area (Å²) in [7, 11) is 0. The summed E-state index contributed by atoms with van der Waals surface area (Å²) in [5, 5.41) is 13.6. The van der Waals surface area contributed by atoms with Crippen LogP contribution in [0.5, 0.6) is 0 Å². The number of pyridine rings is 1. The van der Waals surface area contributed by atoms with Gasteiger partial charge in [-0.3, -0.25) is 9.78 Å². The van der Waals surface area contributed by atoms with Gasteiger partial charge in [0, 0.05) is 39.7 Å². The summed E-state index contributed by atoms with van der Waals surface area (Å²) >= 11 is 6.69. The van der Waals surface area contributed by atoms with Crippen LogP contribution in [0.4, 0.5) is 0 Å². The van der Waals surface area contributed by atoms with E-state index in [-0.39, 0.29) is 23.1 Å². The number of hydrogen-bond donors (Lipinski definition) is 3. The molecule has 39 heavy (non-hydrogen) atoms. The SMILES string of the molecule is O=C1N[C@@H](c2ccccc2)CCc2nc([nH]c2-c2ccncc2)-c2cccc(Cl)c2-c2ccc1cc2C(=O)O. The number of carboxylic acid groups (broad SMARTS) is 1. The number of halogens is 1. The van der Waals surface area contributed by atoms with Gasteiger partial charge in [-0.15, -0.1) is 0 Å². The Morgan fingerprint density at radius 3 is 2.49 bits per heavy atom. The highest BCUT2D eigenvalue weighted by atomic mass is 35.5. The number of carbonyl (C=O) groups is 2. The molecule has 3 aromatic carbocycles. The van der Waals surface area contributed by atoms with Gasteiger partial charge in [0.15, 0.2) is 0 Å². The Morgan fingerprint density at radius 2 is 1.72 bits per heavy atom. The summed E-state index contributed by atoms with van der Waals surface area (Å²) < 4.78 is 0. The Kier molecular flexibility index (Phi) is 6.42. The molecular weight excluding hydrogens is 512 g/mol. The van der Waals surface area contributed by atoms with E-state index < -0.39 is 5.97 Å². The summed E-state index contributed by atoms with van der Waals surface area (Å²) in [5.74, 6) is -0.937. The molecule has 0 radical (unpaired) electrons. The average molecular weight is 535 g/mol. The Morgan fingerprint density at radius 1 is 0.923 bits per heavy atom. The van der Waals surface area contributed by atoms with Crippen LogP contribution in [0, 0.1) is 0 Å². The molecule has 0 spiro atoms. The molecule has 7 rings (SSSR count). The van der Waals surface area contributed by atoms with Crippen LogP contribution in [0.2, 0.25) is 5.02 Å². The first-order chi connectivity index (χ1) is 19.0. The number of nitrogens with one attached hydrogen (secondary N) is 2. The van der Waals surface area contributed by atoms with Gasteiger partial charge in [-0.25, -0.2) is 9.78 Å². The Balaban J connectivity index is 1.61. The van der Waals surface area contributed by atoms with Crippen LogP contribution in [0.15, 0.2) is 91.3 Å². The number of amides is 1. The molecule has 0 saturated heterocycles. The van der Waals surface area contributed by atoms with Crippen LogP contribution in [0.3, 0.4) is 0 Å². The van der Waals surface area contributed by atoms with Crippen molar-refractivity contribution < 1.29 is 14.7 Å². The highest BCUT2D eigenvalue weighted by Gasteiger charge is 2.25. The molecule has 1 atom stereocenters. The molecule has 8 heteroatoms. The number of carbonyl (C=O) groups excluding carboxylic acids is 1. The van der Waals surface area contributed by atoms with E-state index in [0.29, 0.717) is 40.4 Å². The molecule has 2 aliphatic heterocycles. The van der Waals surface area contributed by atoms with E-state index in [2.05, 4.69) is 15.3 Å². The minimum Gasteiger partial charge on any atom is -0.478 e. The van der Waals surface area contributed by atoms with Crippen LogP contribution in [-0.2, 0) is 6.42 Å². The highest BCUT2D eigenvalue weighted by Crippen LogP contribution is 2.40. The van der Waals surface area contributed by atoms with Gasteiger partial charge in [-0.2, -0.15) is 0 Å². The van der Waals surface area contributed by atoms with Crippen molar-refractivity contribution in [3.8, 4) is 33.8 Å². The summed E-state index contributed by atoms with van der Waals surface area (Å²) in [5.41, 5.74) is 5.36. The van der Waals surface area contributed by atoms with Gasteiger partial charge in [-0.05, 0) is 54.3 Å². The molecule has 1 amide bonds. The van der Waals surface area contributed by atoms with E-state index in [0.717, 1.165) is 22.5 Å². The number of aromatic carboxylic acids is 1. The number of aromatic amines is 1. The molecule has 7 nitrogen and oxygen atoms in total. The number of imidazole rings is 1. The fraction of sp³-hybridized carbons (Fsp3) is 0.0968. The van der Waals surface area contributed by atoms with Crippen molar-refractivity contribution in [1.82, 2.24) is 20.3 Å². The first-order valence-electron chi connectivity index (χ1n) is 12.5. The number of H-pyrrole nitrogens is 1. The molecule has 0 aliphatic carbocycles. The van der Waals surface area contributed by atoms with E-state index >= 15 is 0 Å². The normalized spacial score (nSPS) is 14.8. The zero-order valence-electron chi connectivity index (χ0n) is 20.7. The lowest BCUT2D eigenvalue weighted by Crippen LogP contribution is -2.29. The van der Waals surface area contributed by atoms with Crippen molar-refractivity contribution >= 4 is 23.5 Å². The predicted octanol–water partition coefficient (Wildman–Crippen LogP) is 6.57. The molecule has 0 fully saturated rings. The van der Waals surface area contributed by atoms with E-state index in [1.54, 1.807) is 30.6 Å². The number of fused-ring (bicyclic) bond motifs is 6. The lowest BCUT2D eigenvalue weighted by Gasteiger charge is -2.20. The van der Waals surface area contributed by atoms with Crippen LogP contribution in [0.25, 0.3) is 33.8 Å². The number of rotatable bonds is 3. The smallest absolute Gasteiger partial charge is 0.336 e. The van der Waals surface area contributed by atoms with E-state index in [1.807, 2.05) is 54.6 Å². The largest absolute Gasteiger partial charge is 0.478 e. The van der Waals surface area contributed by atoms with Crippen molar-refractivity contribution in [3.05, 3.63) is 119 Å². The third-order valence-corrected chi connectivity index (χ3v) is 7.29. The number of aromatic nitrogens is 3. The lowest BCUT2D eigenvalue weighted by molar-refractivity contribution is 0.0697. The second-order valence-corrected chi connectivity index (χ2v) is 9.75. The van der Waals surface area contributed by atoms with Gasteiger partial charge < -0.3 is 15.4 Å². The average Bonchev–Trinajstić information content (AvgIpc) is 3.39. The molecule has 2 aliphatic rings. The number of benzene rings is 3. The molecule has 2 aromatic heterocycles. The number of aryl methyl sites for hydroxylation is 1. The Bertz CT molecular complexity index is 1700. The van der Waals surface area contributed by atoms with Crippen molar-refractivity contribution in [2.45, 2.75) is 18.9 Å². The van der Waals surface area contributed by atoms with Gasteiger partial charge in [-0.1, -0.05) is 60.1 Å². The first-order valence-corrected chi connectivity index (χ1v) is 12.9. The van der Waals surface area contributed by atoms with Crippen molar-refractivity contribution in [3.63, 3.8) is 0 Å². The standard InChI is InChI=1S/C31H23ClN4O3/c32-24-8-4-7-22-27(24)21-10-9-20(17-23(21)31(38)39)30(37)35-25(18-5-2-1-3-6-18)11-12-26-28(36-29(22)34-26)19-13-15-33-16-14-19/h1-10,13-17,25H,11-12H2,(H,34,36)(H,35,37)(H,38,39)/t25-/m1/s1. The maximum atomic E-state index is 13.4. The fourth-order valence-electron chi connectivity index (χ4n) is 5.08. The fourth-order valence-corrected chi connectivity index (χ4v) is 5.36. The second-order valence-electron chi connectivity index (χ2n) is 9.35. The van der Waals surface area contributed by atoms with Crippen LogP contribution in [-0.4, -0.2) is 31.9 Å². The summed E-state index contributed by atoms with van der Waals surface area (Å²) in [6, 6.07) is 23.3. The van der Waals surface area contributed by atoms with Gasteiger partial charge in [0.25, 0.3) is 5.91 Å². The molecular formula is C31H23ClN4O3. The summed E-state index contributed by atoms with van der Waals surface area (Å²) in [6.45, 7) is 0. The first kappa shape index (κ1) is 24.6. The third-order valence-electron chi connectivity index (χ3n) is 6.98. The molecule has 0 unspecified atom stereocenters. The zero-order chi connectivity index (χ0) is 26.9. The number of carboxylic acids is 1. The molecule has 192 valence electrons. The Hall–Kier alpha value is -4.75. The zero-order valence-corrected chi connectivity index (χ0v) is 21.4. The van der Waals surface area contributed by atoms with Gasteiger partial charge in [0.2, 0.25) is 0 Å².